The SMILES string of the molecule is CC(C)N1CCN(C2CCC2)CC1.CCC1CCN(C(C)C)CC1. The Bertz CT molecular complexity index is 322. The number of hydrogen-bond acceptors (Lipinski definition) is 3. The molecule has 0 aromatic heterocycles. The topological polar surface area (TPSA) is 9.72 Å². The highest BCUT2D eigenvalue weighted by Crippen LogP contribution is 2.25. The summed E-state index contributed by atoms with van der Waals surface area (Å²) >= 11 is 0. The van der Waals surface area contributed by atoms with Crippen LogP contribution in [0.5, 0.6) is 0 Å². The summed E-state index contributed by atoms with van der Waals surface area (Å²) < 4.78 is 0. The van der Waals surface area contributed by atoms with Crippen molar-refractivity contribution < 1.29 is 0 Å². The largest absolute Gasteiger partial charge is 0.301 e. The van der Waals surface area contributed by atoms with E-state index in [0.717, 1.165) is 24.0 Å². The number of piperazine rings is 1. The third-order valence-electron chi connectivity index (χ3n) is 6.63. The van der Waals surface area contributed by atoms with Crippen LogP contribution in [0.3, 0.4) is 0 Å². The summed E-state index contributed by atoms with van der Waals surface area (Å²) in [5.41, 5.74) is 0. The second-order valence-corrected chi connectivity index (χ2v) is 8.73. The molecule has 2 heterocycles. The fourth-order valence-corrected chi connectivity index (χ4v) is 4.25. The maximum absolute atomic E-state index is 2.70. The normalized spacial score (nSPS) is 25.6. The molecule has 3 nitrogen and oxygen atoms in total. The third-order valence-corrected chi connectivity index (χ3v) is 6.63. The van der Waals surface area contributed by atoms with Crippen LogP contribution in [-0.4, -0.2) is 72.1 Å². The van der Waals surface area contributed by atoms with Crippen LogP contribution in [0.25, 0.3) is 0 Å². The zero-order valence-corrected chi connectivity index (χ0v) is 17.1. The first-order valence-corrected chi connectivity index (χ1v) is 10.7. The maximum Gasteiger partial charge on any atom is 0.0113 e. The fourth-order valence-electron chi connectivity index (χ4n) is 4.25. The lowest BCUT2D eigenvalue weighted by molar-refractivity contribution is 0.0494. The molecule has 0 unspecified atom stereocenters. The molecule has 0 spiro atoms. The number of likely N-dealkylation sites (tertiary alicyclic amines) is 1. The van der Waals surface area contributed by atoms with Crippen molar-refractivity contribution in [2.45, 2.75) is 91.3 Å². The van der Waals surface area contributed by atoms with Crippen LogP contribution in [0, 0.1) is 5.92 Å². The van der Waals surface area contributed by atoms with Gasteiger partial charge in [-0.1, -0.05) is 19.8 Å². The quantitative estimate of drug-likeness (QED) is 0.765. The van der Waals surface area contributed by atoms with E-state index in [1.807, 2.05) is 0 Å². The Morgan fingerprint density at radius 2 is 1.21 bits per heavy atom. The van der Waals surface area contributed by atoms with Crippen molar-refractivity contribution in [3.05, 3.63) is 0 Å². The van der Waals surface area contributed by atoms with Gasteiger partial charge in [-0.15, -0.1) is 0 Å². The maximum atomic E-state index is 2.70. The van der Waals surface area contributed by atoms with Crippen molar-refractivity contribution in [1.82, 2.24) is 14.7 Å². The summed E-state index contributed by atoms with van der Waals surface area (Å²) in [6.45, 7) is 19.4. The summed E-state index contributed by atoms with van der Waals surface area (Å²) in [4.78, 5) is 7.88. The average molecular weight is 338 g/mol. The van der Waals surface area contributed by atoms with Gasteiger partial charge >= 0.3 is 0 Å². The van der Waals surface area contributed by atoms with Crippen molar-refractivity contribution >= 4 is 0 Å². The molecule has 1 saturated carbocycles. The van der Waals surface area contributed by atoms with Gasteiger partial charge in [0.1, 0.15) is 0 Å². The van der Waals surface area contributed by atoms with E-state index in [1.54, 1.807) is 0 Å². The lowest BCUT2D eigenvalue weighted by Gasteiger charge is -2.44. The van der Waals surface area contributed by atoms with E-state index < -0.39 is 0 Å². The molecule has 3 aliphatic rings. The van der Waals surface area contributed by atoms with E-state index >= 15 is 0 Å². The van der Waals surface area contributed by atoms with Crippen molar-refractivity contribution in [2.24, 2.45) is 5.92 Å². The van der Waals surface area contributed by atoms with Gasteiger partial charge in [0, 0.05) is 44.3 Å². The second kappa shape index (κ2) is 10.1. The minimum atomic E-state index is 0.739. The Morgan fingerprint density at radius 3 is 1.58 bits per heavy atom. The molecule has 0 N–H and O–H groups in total. The first-order chi connectivity index (χ1) is 11.5. The van der Waals surface area contributed by atoms with Crippen molar-refractivity contribution in [3.63, 3.8) is 0 Å². The molecule has 3 heteroatoms. The highest BCUT2D eigenvalue weighted by Gasteiger charge is 2.28. The predicted octanol–water partition coefficient (Wildman–Crippen LogP) is 4.08. The van der Waals surface area contributed by atoms with Crippen LogP contribution in [0.4, 0.5) is 0 Å². The van der Waals surface area contributed by atoms with Gasteiger partial charge in [-0.3, -0.25) is 9.80 Å². The number of nitrogens with zero attached hydrogens (tertiary/aromatic N) is 3. The summed E-state index contributed by atoms with van der Waals surface area (Å²) in [6, 6.07) is 2.45. The Balaban J connectivity index is 0.000000177. The van der Waals surface area contributed by atoms with Crippen LogP contribution in [0.1, 0.15) is 73.1 Å². The van der Waals surface area contributed by atoms with Crippen LogP contribution >= 0.6 is 0 Å². The van der Waals surface area contributed by atoms with Gasteiger partial charge in [0.25, 0.3) is 0 Å². The van der Waals surface area contributed by atoms with E-state index in [1.165, 1.54) is 77.8 Å². The van der Waals surface area contributed by atoms with E-state index in [4.69, 9.17) is 0 Å². The zero-order valence-electron chi connectivity index (χ0n) is 17.1. The Kier molecular flexibility index (Phi) is 8.53. The number of rotatable bonds is 4. The molecule has 24 heavy (non-hydrogen) atoms. The molecule has 0 atom stereocenters. The minimum Gasteiger partial charge on any atom is -0.301 e. The minimum absolute atomic E-state index is 0.739. The van der Waals surface area contributed by atoms with Gasteiger partial charge in [0.05, 0.1) is 0 Å². The molecule has 142 valence electrons. The molecule has 0 radical (unpaired) electrons. The van der Waals surface area contributed by atoms with Crippen LogP contribution in [-0.2, 0) is 0 Å². The molecule has 1 aliphatic carbocycles. The average Bonchev–Trinajstić information content (AvgIpc) is 2.54. The Hall–Kier alpha value is -0.120. The molecule has 2 aliphatic heterocycles. The molecule has 0 aromatic rings. The van der Waals surface area contributed by atoms with Crippen molar-refractivity contribution in [1.29, 1.82) is 0 Å². The molecule has 0 bridgehead atoms. The zero-order chi connectivity index (χ0) is 17.5. The smallest absolute Gasteiger partial charge is 0.0113 e. The lowest BCUT2D eigenvalue weighted by atomic mass is 9.91. The highest BCUT2D eigenvalue weighted by molar-refractivity contribution is 4.84. The van der Waals surface area contributed by atoms with Crippen LogP contribution in [0.2, 0.25) is 0 Å². The summed E-state index contributed by atoms with van der Waals surface area (Å²) in [5, 5.41) is 0. The molecular weight excluding hydrogens is 294 g/mol. The highest BCUT2D eigenvalue weighted by atomic mass is 15.3. The van der Waals surface area contributed by atoms with Gasteiger partial charge in [-0.25, -0.2) is 0 Å². The summed E-state index contributed by atoms with van der Waals surface area (Å²) in [7, 11) is 0. The Morgan fingerprint density at radius 1 is 0.708 bits per heavy atom. The van der Waals surface area contributed by atoms with Crippen molar-refractivity contribution in [3.8, 4) is 0 Å². The van der Waals surface area contributed by atoms with Crippen molar-refractivity contribution in [2.75, 3.05) is 39.3 Å². The Labute approximate surface area is 151 Å². The van der Waals surface area contributed by atoms with E-state index in [-0.39, 0.29) is 0 Å². The summed E-state index contributed by atoms with van der Waals surface area (Å²) in [6.07, 6.45) is 8.62. The van der Waals surface area contributed by atoms with Crippen LogP contribution < -0.4 is 0 Å². The van der Waals surface area contributed by atoms with Gasteiger partial charge in [-0.05, 0) is 72.4 Å². The summed E-state index contributed by atoms with van der Waals surface area (Å²) in [5.74, 6) is 1.02. The number of hydrogen-bond donors (Lipinski definition) is 0. The molecule has 0 aromatic carbocycles. The fraction of sp³-hybridized carbons (Fsp3) is 1.00. The molecular formula is C21H43N3. The molecule has 2 saturated heterocycles. The first kappa shape index (κ1) is 20.2. The van der Waals surface area contributed by atoms with E-state index in [0.29, 0.717) is 0 Å². The number of piperidine rings is 1. The monoisotopic (exact) mass is 337 g/mol. The first-order valence-electron chi connectivity index (χ1n) is 10.7. The molecule has 3 rings (SSSR count). The third kappa shape index (κ3) is 6.00. The lowest BCUT2D eigenvalue weighted by Crippen LogP contribution is -2.53. The van der Waals surface area contributed by atoms with Gasteiger partial charge in [-0.2, -0.15) is 0 Å². The van der Waals surface area contributed by atoms with Gasteiger partial charge in [0.15, 0.2) is 0 Å². The molecule has 0 amide bonds. The van der Waals surface area contributed by atoms with Crippen LogP contribution in [0.15, 0.2) is 0 Å². The van der Waals surface area contributed by atoms with Gasteiger partial charge < -0.3 is 4.90 Å². The van der Waals surface area contributed by atoms with Gasteiger partial charge in [0.2, 0.25) is 0 Å². The molecule has 3 fully saturated rings. The standard InChI is InChI=1S/C11H22N2.C10H21N/c1-10(2)12-6-8-13(9-7-12)11-4-3-5-11;1-4-10-5-7-11(8-6-10)9(2)3/h10-11H,3-9H2,1-2H3;9-10H,4-8H2,1-3H3. The van der Waals surface area contributed by atoms with E-state index in [9.17, 15) is 0 Å². The second-order valence-electron chi connectivity index (χ2n) is 8.73. The van der Waals surface area contributed by atoms with E-state index in [2.05, 4.69) is 49.3 Å². The predicted molar refractivity (Wildman–Crippen MR) is 106 cm³/mol.